The molecule has 382 valence electrons. The summed E-state index contributed by atoms with van der Waals surface area (Å²) in [5, 5.41) is 14.3. The van der Waals surface area contributed by atoms with Crippen molar-refractivity contribution in [1.82, 2.24) is 4.57 Å². The lowest BCUT2D eigenvalue weighted by Gasteiger charge is -2.28. The van der Waals surface area contributed by atoms with Gasteiger partial charge in [-0.1, -0.05) is 193 Å². The number of aromatic nitrogens is 1. The van der Waals surface area contributed by atoms with Crippen molar-refractivity contribution < 1.29 is 4.74 Å². The molecule has 0 amide bonds. The number of rotatable bonds is 9. The molecule has 5 heteroatoms. The van der Waals surface area contributed by atoms with E-state index in [0.29, 0.717) is 16.5 Å². The summed E-state index contributed by atoms with van der Waals surface area (Å²) < 4.78 is 10.5. The van der Waals surface area contributed by atoms with E-state index in [4.69, 9.17) is 16.3 Å². The number of hydrogen-bond donors (Lipinski definition) is 0. The van der Waals surface area contributed by atoms with Crippen LogP contribution in [0.25, 0.3) is 103 Å². The number of thiophene rings is 1. The third kappa shape index (κ3) is 8.59. The standard InChI is InChI=1S/C74H57ClN2OS/c1-73(2,3)53-35-49-30-31-50-36-54(74(4,5)6)41-65-64(40-52(37-53)71(49)72(50)65)48-21-16-20-47(34-48)51-38-57(43-59(39-51)78-58-23-17-22-55(75)42-58)77(66-27-13-10-24-60(66)46-18-8-7-9-19-46)69-45-79-70-44-56(32-33-63(69)70)76-67-28-14-11-25-61(67)62-26-12-15-29-68(62)76/h7-45H,1-6H3. The molecule has 3 nitrogen and oxygen atoms in total. The summed E-state index contributed by atoms with van der Waals surface area (Å²) in [4.78, 5) is 2.43. The van der Waals surface area contributed by atoms with E-state index in [0.717, 1.165) is 56.0 Å². The number of nitrogens with zero attached hydrogens (tertiary/aromatic N) is 2. The number of ether oxygens (including phenoxy) is 1. The zero-order valence-corrected chi connectivity index (χ0v) is 46.7. The van der Waals surface area contributed by atoms with Crippen molar-refractivity contribution in [2.24, 2.45) is 0 Å². The summed E-state index contributed by atoms with van der Waals surface area (Å²) in [6.45, 7) is 13.9. The Morgan fingerprint density at radius 1 is 0.418 bits per heavy atom. The number of para-hydroxylation sites is 3. The smallest absolute Gasteiger partial charge is 0.130 e. The second-order valence-electron chi connectivity index (χ2n) is 23.2. The first-order chi connectivity index (χ1) is 38.3. The molecule has 14 aromatic rings. The number of anilines is 3. The van der Waals surface area contributed by atoms with Gasteiger partial charge in [0, 0.05) is 48.6 Å². The van der Waals surface area contributed by atoms with Gasteiger partial charge in [0.05, 0.1) is 28.1 Å². The third-order valence-electron chi connectivity index (χ3n) is 15.9. The molecule has 14 rings (SSSR count). The molecular formula is C74H57ClN2OS. The largest absolute Gasteiger partial charge is 0.457 e. The van der Waals surface area contributed by atoms with Gasteiger partial charge >= 0.3 is 0 Å². The molecule has 0 spiro atoms. The van der Waals surface area contributed by atoms with Crippen LogP contribution in [-0.4, -0.2) is 4.57 Å². The highest BCUT2D eigenvalue weighted by atomic mass is 35.5. The SMILES string of the molecule is CC(C)(C)c1cc2ccc3cc(C(C)(C)C)cc4c(-c5cccc(-c6cc(Oc7cccc(Cl)c7)cc(N(c7ccccc7-c7ccccc7)c7csc8cc(-n9c%10ccccc%10c%10ccccc%109)ccc78)c6)c5)cc(c1)c2c34. The summed E-state index contributed by atoms with van der Waals surface area (Å²) in [5.41, 5.74) is 15.9. The lowest BCUT2D eigenvalue weighted by molar-refractivity contribution is 0.483. The van der Waals surface area contributed by atoms with Crippen molar-refractivity contribution in [3.63, 3.8) is 0 Å². The van der Waals surface area contributed by atoms with Crippen LogP contribution >= 0.6 is 22.9 Å². The fourth-order valence-corrected chi connectivity index (χ4v) is 13.1. The van der Waals surface area contributed by atoms with E-state index in [9.17, 15) is 0 Å². The van der Waals surface area contributed by atoms with Gasteiger partial charge in [-0.25, -0.2) is 0 Å². The van der Waals surface area contributed by atoms with Crippen LogP contribution in [0.3, 0.4) is 0 Å². The second kappa shape index (κ2) is 18.8. The number of benzene rings is 12. The molecule has 12 aromatic carbocycles. The van der Waals surface area contributed by atoms with Crippen molar-refractivity contribution in [3.05, 3.63) is 252 Å². The molecule has 2 heterocycles. The Morgan fingerprint density at radius 3 is 1.81 bits per heavy atom. The highest BCUT2D eigenvalue weighted by Gasteiger charge is 2.25. The molecule has 0 bridgehead atoms. The van der Waals surface area contributed by atoms with E-state index >= 15 is 0 Å². The molecule has 0 saturated heterocycles. The Morgan fingerprint density at radius 2 is 1.06 bits per heavy atom. The molecule has 0 atom stereocenters. The maximum atomic E-state index is 6.91. The van der Waals surface area contributed by atoms with Gasteiger partial charge in [0.1, 0.15) is 11.5 Å². The minimum absolute atomic E-state index is 0.0129. The lowest BCUT2D eigenvalue weighted by atomic mass is 9.79. The summed E-state index contributed by atoms with van der Waals surface area (Å²) in [7, 11) is 0. The van der Waals surface area contributed by atoms with E-state index in [2.05, 4.69) is 263 Å². The molecule has 79 heavy (non-hydrogen) atoms. The zero-order valence-electron chi connectivity index (χ0n) is 45.1. The summed E-state index contributed by atoms with van der Waals surface area (Å²) in [6.07, 6.45) is 0. The van der Waals surface area contributed by atoms with Crippen LogP contribution in [0.1, 0.15) is 52.7 Å². The molecule has 0 unspecified atom stereocenters. The number of halogens is 1. The van der Waals surface area contributed by atoms with Crippen LogP contribution in [0.4, 0.5) is 17.1 Å². The summed E-state index contributed by atoms with van der Waals surface area (Å²) in [5.74, 6) is 1.36. The average Bonchev–Trinajstić information content (AvgIpc) is 3.70. The van der Waals surface area contributed by atoms with Crippen LogP contribution in [-0.2, 0) is 10.8 Å². The molecule has 0 aliphatic carbocycles. The maximum Gasteiger partial charge on any atom is 0.130 e. The molecule has 0 radical (unpaired) electrons. The minimum Gasteiger partial charge on any atom is -0.457 e. The molecule has 0 aliphatic heterocycles. The highest BCUT2D eigenvalue weighted by molar-refractivity contribution is 7.17. The molecule has 0 fully saturated rings. The van der Waals surface area contributed by atoms with E-state index in [-0.39, 0.29) is 10.8 Å². The van der Waals surface area contributed by atoms with Gasteiger partial charge < -0.3 is 14.2 Å². The predicted molar refractivity (Wildman–Crippen MR) is 340 cm³/mol. The molecule has 0 saturated carbocycles. The monoisotopic (exact) mass is 1060 g/mol. The van der Waals surface area contributed by atoms with Crippen LogP contribution in [0.5, 0.6) is 11.5 Å². The van der Waals surface area contributed by atoms with Crippen LogP contribution in [0.2, 0.25) is 5.02 Å². The Labute approximate surface area is 470 Å². The predicted octanol–water partition coefficient (Wildman–Crippen LogP) is 22.4. The van der Waals surface area contributed by atoms with Gasteiger partial charge in [-0.05, 0) is 167 Å². The van der Waals surface area contributed by atoms with Crippen molar-refractivity contribution in [3.8, 4) is 50.6 Å². The number of fused-ring (bicyclic) bond motifs is 4. The Balaban J connectivity index is 0.986. The first-order valence-electron chi connectivity index (χ1n) is 27.2. The van der Waals surface area contributed by atoms with Gasteiger partial charge in [-0.15, -0.1) is 11.3 Å². The maximum absolute atomic E-state index is 6.91. The van der Waals surface area contributed by atoms with Crippen LogP contribution in [0.15, 0.2) is 236 Å². The lowest BCUT2D eigenvalue weighted by Crippen LogP contribution is -2.12. The molecule has 2 aromatic heterocycles. The first-order valence-corrected chi connectivity index (χ1v) is 28.5. The van der Waals surface area contributed by atoms with Gasteiger partial charge in [-0.3, -0.25) is 0 Å². The molecular weight excluding hydrogens is 1000 g/mol. The Kier molecular flexibility index (Phi) is 11.6. The fraction of sp³-hybridized carbons (Fsp3) is 0.108. The van der Waals surface area contributed by atoms with E-state index in [1.54, 1.807) is 11.3 Å². The molecule has 0 N–H and O–H groups in total. The first kappa shape index (κ1) is 48.7. The minimum atomic E-state index is -0.0454. The average molecular weight is 1060 g/mol. The normalized spacial score (nSPS) is 12.2. The topological polar surface area (TPSA) is 17.4 Å². The van der Waals surface area contributed by atoms with Gasteiger partial charge in [0.25, 0.3) is 0 Å². The second-order valence-corrected chi connectivity index (χ2v) is 24.5. The van der Waals surface area contributed by atoms with E-state index in [1.807, 2.05) is 24.3 Å². The summed E-state index contributed by atoms with van der Waals surface area (Å²) in [6, 6.07) is 84.1. The van der Waals surface area contributed by atoms with E-state index in [1.165, 1.54) is 75.5 Å². The van der Waals surface area contributed by atoms with Gasteiger partial charge in [-0.2, -0.15) is 0 Å². The van der Waals surface area contributed by atoms with Crippen LogP contribution in [0, 0.1) is 0 Å². The quantitative estimate of drug-likeness (QED) is 0.134. The van der Waals surface area contributed by atoms with Crippen LogP contribution < -0.4 is 9.64 Å². The van der Waals surface area contributed by atoms with Crippen molar-refractivity contribution in [2.75, 3.05) is 4.90 Å². The van der Waals surface area contributed by atoms with Crippen molar-refractivity contribution in [1.29, 1.82) is 0 Å². The van der Waals surface area contributed by atoms with Crippen molar-refractivity contribution in [2.45, 2.75) is 52.4 Å². The highest BCUT2D eigenvalue weighted by Crippen LogP contribution is 2.50. The van der Waals surface area contributed by atoms with Crippen molar-refractivity contribution >= 4 is 104 Å². The molecule has 0 aliphatic rings. The number of hydrogen-bond acceptors (Lipinski definition) is 3. The van der Waals surface area contributed by atoms with Gasteiger partial charge in [0.15, 0.2) is 0 Å². The van der Waals surface area contributed by atoms with E-state index < -0.39 is 0 Å². The summed E-state index contributed by atoms with van der Waals surface area (Å²) >= 11 is 8.42. The third-order valence-corrected chi connectivity index (χ3v) is 17.1. The zero-order chi connectivity index (χ0) is 53.7. The van der Waals surface area contributed by atoms with Gasteiger partial charge in [0.2, 0.25) is 0 Å². The Hall–Kier alpha value is -8.67. The fourth-order valence-electron chi connectivity index (χ4n) is 12.0. The Bertz CT molecular complexity index is 4630.